The first kappa shape index (κ1) is 20.3. The molecule has 0 unspecified atom stereocenters. The first-order valence-electron chi connectivity index (χ1n) is 8.56. The Hall–Kier alpha value is -2.45. The van der Waals surface area contributed by atoms with E-state index in [1.165, 1.54) is 18.4 Å². The molecule has 1 aliphatic rings. The molecule has 2 N–H and O–H groups in total. The second-order valence-corrected chi connectivity index (χ2v) is 8.13. The van der Waals surface area contributed by atoms with Gasteiger partial charge in [0.25, 0.3) is 0 Å². The number of benzene rings is 1. The summed E-state index contributed by atoms with van der Waals surface area (Å²) >= 11 is 4.59. The predicted octanol–water partition coefficient (Wildman–Crippen LogP) is 4.57. The Bertz CT molecular complexity index is 935. The number of hydrogen-bond acceptors (Lipinski definition) is 5. The van der Waals surface area contributed by atoms with Crippen LogP contribution in [-0.4, -0.2) is 30.1 Å². The van der Waals surface area contributed by atoms with Gasteiger partial charge in [-0.05, 0) is 30.5 Å². The number of carboxylic acids is 1. The fraction of sp³-hybridized carbons (Fsp3) is 0.250. The lowest BCUT2D eigenvalue weighted by molar-refractivity contribution is -0.146. The molecule has 1 aliphatic carbocycles. The van der Waals surface area contributed by atoms with E-state index in [4.69, 9.17) is 4.74 Å². The molecule has 1 amide bonds. The number of allylic oxidation sites excluding steroid dienone is 2. The summed E-state index contributed by atoms with van der Waals surface area (Å²) in [5.41, 5.74) is 1.73. The largest absolute Gasteiger partial charge is 0.481 e. The number of aliphatic carboxylic acids is 1. The number of anilines is 1. The minimum Gasteiger partial charge on any atom is -0.481 e. The third-order valence-electron chi connectivity index (χ3n) is 4.66. The zero-order valence-corrected chi connectivity index (χ0v) is 17.4. The van der Waals surface area contributed by atoms with Gasteiger partial charge < -0.3 is 15.2 Å². The number of amides is 1. The van der Waals surface area contributed by atoms with Gasteiger partial charge in [-0.15, -0.1) is 11.3 Å². The number of ether oxygens (including phenoxy) is 1. The summed E-state index contributed by atoms with van der Waals surface area (Å²) in [7, 11) is 1.28. The van der Waals surface area contributed by atoms with Crippen LogP contribution in [0.4, 0.5) is 5.00 Å². The Morgan fingerprint density at radius 1 is 1.14 bits per heavy atom. The third-order valence-corrected chi connectivity index (χ3v) is 6.08. The molecule has 0 spiro atoms. The van der Waals surface area contributed by atoms with Gasteiger partial charge in [0.05, 0.1) is 18.9 Å². The normalized spacial score (nSPS) is 18.5. The van der Waals surface area contributed by atoms with E-state index in [1.54, 1.807) is 11.5 Å². The number of hydrogen-bond donors (Lipinski definition) is 2. The lowest BCUT2D eigenvalue weighted by Gasteiger charge is -2.24. The molecule has 6 nitrogen and oxygen atoms in total. The highest BCUT2D eigenvalue weighted by Gasteiger charge is 2.35. The zero-order valence-electron chi connectivity index (χ0n) is 15.0. The van der Waals surface area contributed by atoms with E-state index < -0.39 is 29.7 Å². The number of esters is 1. The highest BCUT2D eigenvalue weighted by Crippen LogP contribution is 2.37. The molecule has 0 radical (unpaired) electrons. The molecule has 0 aliphatic heterocycles. The van der Waals surface area contributed by atoms with Gasteiger partial charge in [0, 0.05) is 15.4 Å². The number of halogens is 1. The van der Waals surface area contributed by atoms with Gasteiger partial charge in [-0.25, -0.2) is 4.79 Å². The van der Waals surface area contributed by atoms with E-state index in [0.29, 0.717) is 23.4 Å². The van der Waals surface area contributed by atoms with Crippen molar-refractivity contribution in [2.24, 2.45) is 11.8 Å². The van der Waals surface area contributed by atoms with Crippen molar-refractivity contribution in [2.75, 3.05) is 12.4 Å². The molecule has 1 heterocycles. The van der Waals surface area contributed by atoms with Crippen molar-refractivity contribution in [3.8, 4) is 11.1 Å². The van der Waals surface area contributed by atoms with Crippen molar-refractivity contribution in [2.45, 2.75) is 12.8 Å². The van der Waals surface area contributed by atoms with E-state index in [2.05, 4.69) is 21.2 Å². The monoisotopic (exact) mass is 463 g/mol. The number of carbonyl (C=O) groups excluding carboxylic acids is 2. The quantitative estimate of drug-likeness (QED) is 0.500. The summed E-state index contributed by atoms with van der Waals surface area (Å²) in [6.45, 7) is 0. The molecule has 28 heavy (non-hydrogen) atoms. The Balaban J connectivity index is 1.92. The first-order valence-corrected chi connectivity index (χ1v) is 10.2. The fourth-order valence-corrected chi connectivity index (χ4v) is 4.40. The molecular weight excluding hydrogens is 446 g/mol. The maximum absolute atomic E-state index is 12.8. The molecule has 8 heteroatoms. The Kier molecular flexibility index (Phi) is 6.31. The molecule has 0 saturated carbocycles. The molecular formula is C20H18BrNO5S. The van der Waals surface area contributed by atoms with E-state index in [-0.39, 0.29) is 5.56 Å². The van der Waals surface area contributed by atoms with Crippen molar-refractivity contribution in [1.29, 1.82) is 0 Å². The molecule has 0 saturated heterocycles. The highest BCUT2D eigenvalue weighted by atomic mass is 79.9. The molecule has 1 aromatic heterocycles. The van der Waals surface area contributed by atoms with Crippen LogP contribution < -0.4 is 5.32 Å². The molecule has 146 valence electrons. The summed E-state index contributed by atoms with van der Waals surface area (Å²) in [4.78, 5) is 36.7. The second-order valence-electron chi connectivity index (χ2n) is 6.34. The maximum atomic E-state index is 12.8. The number of carboxylic acid groups (broad SMARTS) is 1. The smallest absolute Gasteiger partial charge is 0.341 e. The van der Waals surface area contributed by atoms with Crippen molar-refractivity contribution < 1.29 is 24.2 Å². The van der Waals surface area contributed by atoms with Crippen LogP contribution in [0, 0.1) is 11.8 Å². The second kappa shape index (κ2) is 8.70. The molecule has 3 rings (SSSR count). The van der Waals surface area contributed by atoms with Gasteiger partial charge in [0.1, 0.15) is 10.6 Å². The molecule has 2 atom stereocenters. The molecule has 0 fully saturated rings. The van der Waals surface area contributed by atoms with Gasteiger partial charge in [-0.2, -0.15) is 0 Å². The van der Waals surface area contributed by atoms with Gasteiger partial charge in [-0.3, -0.25) is 9.59 Å². The molecule has 2 aromatic rings. The molecule has 0 bridgehead atoms. The SMILES string of the molecule is COC(=O)c1c(-c2ccc(Br)cc2)csc1NC(=O)[C@H]1CC=CC[C@@H]1C(=O)O. The number of methoxy groups -OCH3 is 1. The van der Waals surface area contributed by atoms with Crippen LogP contribution in [-0.2, 0) is 14.3 Å². The van der Waals surface area contributed by atoms with Gasteiger partial charge >= 0.3 is 11.9 Å². The van der Waals surface area contributed by atoms with Crippen LogP contribution in [0.25, 0.3) is 11.1 Å². The standard InChI is InChI=1S/C20H18BrNO5S/c1-27-20(26)16-15(11-6-8-12(21)9-7-11)10-28-18(16)22-17(23)13-4-2-3-5-14(13)19(24)25/h2-3,6-10,13-14H,4-5H2,1H3,(H,22,23)(H,24,25)/t13-,14-/m0/s1. The highest BCUT2D eigenvalue weighted by molar-refractivity contribution is 9.10. The van der Waals surface area contributed by atoms with Crippen LogP contribution in [0.3, 0.4) is 0 Å². The van der Waals surface area contributed by atoms with Crippen LogP contribution in [0.5, 0.6) is 0 Å². The van der Waals surface area contributed by atoms with Crippen molar-refractivity contribution >= 4 is 50.1 Å². The minimum atomic E-state index is -1.00. The average Bonchev–Trinajstić information content (AvgIpc) is 3.11. The fourth-order valence-electron chi connectivity index (χ4n) is 3.18. The van der Waals surface area contributed by atoms with Crippen LogP contribution in [0.15, 0.2) is 46.3 Å². The number of carbonyl (C=O) groups is 3. The lowest BCUT2D eigenvalue weighted by atomic mass is 9.82. The summed E-state index contributed by atoms with van der Waals surface area (Å²) in [5, 5.41) is 14.3. The number of thiophene rings is 1. The first-order chi connectivity index (χ1) is 13.4. The van der Waals surface area contributed by atoms with Gasteiger partial charge in [-0.1, -0.05) is 40.2 Å². The Morgan fingerprint density at radius 3 is 2.39 bits per heavy atom. The third kappa shape index (κ3) is 4.18. The summed E-state index contributed by atoms with van der Waals surface area (Å²) in [5.74, 6) is -3.44. The number of rotatable bonds is 5. The van der Waals surface area contributed by atoms with Gasteiger partial charge in [0.15, 0.2) is 0 Å². The average molecular weight is 464 g/mol. The summed E-state index contributed by atoms with van der Waals surface area (Å²) in [6.07, 6.45) is 4.25. The Morgan fingerprint density at radius 2 is 1.79 bits per heavy atom. The van der Waals surface area contributed by atoms with Crippen molar-refractivity contribution in [3.63, 3.8) is 0 Å². The van der Waals surface area contributed by atoms with E-state index in [0.717, 1.165) is 10.0 Å². The maximum Gasteiger partial charge on any atom is 0.341 e. The lowest BCUT2D eigenvalue weighted by Crippen LogP contribution is -2.34. The van der Waals surface area contributed by atoms with Gasteiger partial charge in [0.2, 0.25) is 5.91 Å². The van der Waals surface area contributed by atoms with E-state index >= 15 is 0 Å². The van der Waals surface area contributed by atoms with E-state index in [9.17, 15) is 19.5 Å². The summed E-state index contributed by atoms with van der Waals surface area (Å²) in [6, 6.07) is 7.43. The summed E-state index contributed by atoms with van der Waals surface area (Å²) < 4.78 is 5.82. The van der Waals surface area contributed by atoms with Crippen molar-refractivity contribution in [1.82, 2.24) is 0 Å². The predicted molar refractivity (Wildman–Crippen MR) is 110 cm³/mol. The van der Waals surface area contributed by atoms with Crippen molar-refractivity contribution in [3.05, 3.63) is 51.8 Å². The van der Waals surface area contributed by atoms with E-state index in [1.807, 2.05) is 30.3 Å². The van der Waals surface area contributed by atoms with Crippen LogP contribution in [0.1, 0.15) is 23.2 Å². The molecule has 1 aromatic carbocycles. The topological polar surface area (TPSA) is 92.7 Å². The van der Waals surface area contributed by atoms with Crippen LogP contribution in [0.2, 0.25) is 0 Å². The minimum absolute atomic E-state index is 0.265. The van der Waals surface area contributed by atoms with Crippen LogP contribution >= 0.6 is 27.3 Å². The zero-order chi connectivity index (χ0) is 20.3. The Labute approximate surface area is 174 Å². The number of nitrogens with one attached hydrogen (secondary N) is 1.